The molecular formula is C14H21NO4. The van der Waals surface area contributed by atoms with Crippen LogP contribution in [0.2, 0.25) is 0 Å². The lowest BCUT2D eigenvalue weighted by atomic mass is 10.0. The third kappa shape index (κ3) is 3.36. The maximum atomic E-state index is 11.5. The molecule has 0 radical (unpaired) electrons. The van der Waals surface area contributed by atoms with Gasteiger partial charge in [0.2, 0.25) is 0 Å². The number of esters is 1. The van der Waals surface area contributed by atoms with E-state index >= 15 is 0 Å². The molecule has 2 rings (SSSR count). The maximum Gasteiger partial charge on any atom is 0.341 e. The first kappa shape index (κ1) is 14.1. The molecule has 106 valence electrons. The highest BCUT2D eigenvalue weighted by Gasteiger charge is 2.22. The van der Waals surface area contributed by atoms with Crippen molar-refractivity contribution in [1.82, 2.24) is 5.32 Å². The molecule has 1 saturated heterocycles. The fourth-order valence-electron chi connectivity index (χ4n) is 2.32. The van der Waals surface area contributed by atoms with Gasteiger partial charge in [-0.25, -0.2) is 4.79 Å². The van der Waals surface area contributed by atoms with Crippen LogP contribution in [0.4, 0.5) is 0 Å². The second-order valence-corrected chi connectivity index (χ2v) is 4.97. The zero-order chi connectivity index (χ0) is 13.8. The van der Waals surface area contributed by atoms with Gasteiger partial charge in [-0.3, -0.25) is 0 Å². The molecule has 2 atom stereocenters. The minimum absolute atomic E-state index is 0.357. The fourth-order valence-corrected chi connectivity index (χ4v) is 2.32. The number of hydrogen-bond acceptors (Lipinski definition) is 5. The van der Waals surface area contributed by atoms with Crippen molar-refractivity contribution < 1.29 is 18.7 Å². The third-order valence-corrected chi connectivity index (χ3v) is 3.64. The lowest BCUT2D eigenvalue weighted by Gasteiger charge is -2.18. The van der Waals surface area contributed by atoms with Gasteiger partial charge in [0.25, 0.3) is 0 Å². The summed E-state index contributed by atoms with van der Waals surface area (Å²) in [6.45, 7) is 6.19. The van der Waals surface area contributed by atoms with Gasteiger partial charge >= 0.3 is 5.97 Å². The van der Waals surface area contributed by atoms with Crippen LogP contribution in [0.3, 0.4) is 0 Å². The number of rotatable bonds is 5. The molecule has 0 aliphatic carbocycles. The van der Waals surface area contributed by atoms with E-state index in [2.05, 4.69) is 12.2 Å². The van der Waals surface area contributed by atoms with E-state index in [1.54, 1.807) is 13.0 Å². The van der Waals surface area contributed by atoms with Gasteiger partial charge in [-0.2, -0.15) is 0 Å². The molecule has 2 heterocycles. The predicted molar refractivity (Wildman–Crippen MR) is 70.0 cm³/mol. The normalized spacial score (nSPS) is 20.5. The Morgan fingerprint density at radius 3 is 3.05 bits per heavy atom. The van der Waals surface area contributed by atoms with Crippen LogP contribution < -0.4 is 5.32 Å². The minimum Gasteiger partial charge on any atom is -0.465 e. The van der Waals surface area contributed by atoms with E-state index in [9.17, 15) is 4.79 Å². The van der Waals surface area contributed by atoms with Crippen molar-refractivity contribution >= 4 is 5.97 Å². The molecule has 1 fully saturated rings. The maximum absolute atomic E-state index is 11.5. The van der Waals surface area contributed by atoms with Gasteiger partial charge in [-0.05, 0) is 32.3 Å². The average Bonchev–Trinajstić information content (AvgIpc) is 3.04. The van der Waals surface area contributed by atoms with Gasteiger partial charge in [0.1, 0.15) is 17.1 Å². The Hall–Kier alpha value is -1.33. The summed E-state index contributed by atoms with van der Waals surface area (Å²) in [5.41, 5.74) is 0.496. The first-order valence-corrected chi connectivity index (χ1v) is 6.60. The van der Waals surface area contributed by atoms with Crippen LogP contribution in [0.15, 0.2) is 10.5 Å². The lowest BCUT2D eigenvalue weighted by Crippen LogP contribution is -2.33. The molecule has 1 aromatic heterocycles. The summed E-state index contributed by atoms with van der Waals surface area (Å²) >= 11 is 0. The van der Waals surface area contributed by atoms with E-state index in [1.807, 2.05) is 0 Å². The summed E-state index contributed by atoms with van der Waals surface area (Å²) < 4.78 is 15.6. The summed E-state index contributed by atoms with van der Waals surface area (Å²) in [5, 5.41) is 3.41. The highest BCUT2D eigenvalue weighted by molar-refractivity contribution is 5.90. The number of aryl methyl sites for hydroxylation is 1. The van der Waals surface area contributed by atoms with Crippen LogP contribution in [-0.4, -0.2) is 32.3 Å². The molecule has 1 aromatic rings. The van der Waals surface area contributed by atoms with Crippen LogP contribution in [0.1, 0.15) is 35.2 Å². The minimum atomic E-state index is -0.357. The van der Waals surface area contributed by atoms with Gasteiger partial charge in [0, 0.05) is 12.6 Å². The van der Waals surface area contributed by atoms with Crippen molar-refractivity contribution in [2.24, 2.45) is 5.92 Å². The van der Waals surface area contributed by atoms with Gasteiger partial charge in [0.05, 0.1) is 20.3 Å². The number of methoxy groups -OCH3 is 1. The number of nitrogens with one attached hydrogen (secondary N) is 1. The lowest BCUT2D eigenvalue weighted by molar-refractivity contribution is 0.0599. The quantitative estimate of drug-likeness (QED) is 0.825. The highest BCUT2D eigenvalue weighted by atomic mass is 16.5. The third-order valence-electron chi connectivity index (χ3n) is 3.64. The van der Waals surface area contributed by atoms with Gasteiger partial charge in [0.15, 0.2) is 0 Å². The molecule has 5 nitrogen and oxygen atoms in total. The van der Waals surface area contributed by atoms with Crippen LogP contribution in [-0.2, 0) is 16.0 Å². The summed E-state index contributed by atoms with van der Waals surface area (Å²) in [6, 6.07) is 2.11. The van der Waals surface area contributed by atoms with Crippen molar-refractivity contribution in [2.75, 3.05) is 20.3 Å². The average molecular weight is 267 g/mol. The zero-order valence-electron chi connectivity index (χ0n) is 11.7. The summed E-state index contributed by atoms with van der Waals surface area (Å²) in [6.07, 6.45) is 1.10. The molecule has 0 bridgehead atoms. The zero-order valence-corrected chi connectivity index (χ0v) is 11.7. The van der Waals surface area contributed by atoms with Crippen LogP contribution in [0.5, 0.6) is 0 Å². The van der Waals surface area contributed by atoms with Gasteiger partial charge in [-0.15, -0.1) is 0 Å². The van der Waals surface area contributed by atoms with E-state index < -0.39 is 0 Å². The van der Waals surface area contributed by atoms with Crippen molar-refractivity contribution in [3.05, 3.63) is 23.2 Å². The van der Waals surface area contributed by atoms with Crippen molar-refractivity contribution in [3.63, 3.8) is 0 Å². The van der Waals surface area contributed by atoms with Gasteiger partial charge < -0.3 is 19.2 Å². The van der Waals surface area contributed by atoms with Crippen molar-refractivity contribution in [1.29, 1.82) is 0 Å². The number of carbonyl (C=O) groups is 1. The Morgan fingerprint density at radius 2 is 2.42 bits per heavy atom. The van der Waals surface area contributed by atoms with E-state index in [-0.39, 0.29) is 5.97 Å². The Labute approximate surface area is 113 Å². The Morgan fingerprint density at radius 1 is 1.63 bits per heavy atom. The molecule has 19 heavy (non-hydrogen) atoms. The second-order valence-electron chi connectivity index (χ2n) is 4.97. The second kappa shape index (κ2) is 6.21. The highest BCUT2D eigenvalue weighted by Crippen LogP contribution is 2.18. The molecule has 0 spiro atoms. The number of ether oxygens (including phenoxy) is 2. The molecule has 0 unspecified atom stereocenters. The molecule has 1 aliphatic rings. The fraction of sp³-hybridized carbons (Fsp3) is 0.643. The van der Waals surface area contributed by atoms with E-state index in [0.29, 0.717) is 29.8 Å². The van der Waals surface area contributed by atoms with E-state index in [0.717, 1.165) is 25.4 Å². The standard InChI is InChI=1S/C14H21NO4/c1-9(11-4-5-18-8-11)15-7-12-6-13(10(2)19-12)14(16)17-3/h6,9,11,15H,4-5,7-8H2,1-3H3/t9-,11-/m1/s1. The molecule has 1 N–H and O–H groups in total. The molecule has 0 aromatic carbocycles. The summed E-state index contributed by atoms with van der Waals surface area (Å²) in [5.74, 6) is 1.55. The Balaban J connectivity index is 1.90. The Kier molecular flexibility index (Phi) is 4.61. The van der Waals surface area contributed by atoms with E-state index in [4.69, 9.17) is 13.9 Å². The number of hydrogen-bond donors (Lipinski definition) is 1. The smallest absolute Gasteiger partial charge is 0.341 e. The van der Waals surface area contributed by atoms with Crippen LogP contribution in [0, 0.1) is 12.8 Å². The van der Waals surface area contributed by atoms with Crippen molar-refractivity contribution in [3.8, 4) is 0 Å². The summed E-state index contributed by atoms with van der Waals surface area (Å²) in [7, 11) is 1.37. The first-order chi connectivity index (χ1) is 9.11. The summed E-state index contributed by atoms with van der Waals surface area (Å²) in [4.78, 5) is 11.5. The molecule has 5 heteroatoms. The SMILES string of the molecule is COC(=O)c1cc(CN[C@H](C)[C@@H]2CCOC2)oc1C. The number of carbonyl (C=O) groups excluding carboxylic acids is 1. The number of furan rings is 1. The molecule has 0 saturated carbocycles. The Bertz CT molecular complexity index is 435. The van der Waals surface area contributed by atoms with E-state index in [1.165, 1.54) is 7.11 Å². The first-order valence-electron chi connectivity index (χ1n) is 6.60. The molecular weight excluding hydrogens is 246 g/mol. The van der Waals surface area contributed by atoms with Crippen molar-refractivity contribution in [2.45, 2.75) is 32.9 Å². The molecule has 1 aliphatic heterocycles. The topological polar surface area (TPSA) is 60.7 Å². The predicted octanol–water partition coefficient (Wildman–Crippen LogP) is 1.89. The van der Waals surface area contributed by atoms with Crippen LogP contribution in [0.25, 0.3) is 0 Å². The molecule has 0 amide bonds. The monoisotopic (exact) mass is 267 g/mol. The van der Waals surface area contributed by atoms with Gasteiger partial charge in [-0.1, -0.05) is 0 Å². The van der Waals surface area contributed by atoms with Crippen LogP contribution >= 0.6 is 0 Å². The largest absolute Gasteiger partial charge is 0.465 e.